The zero-order valence-corrected chi connectivity index (χ0v) is 10.1. The molecule has 18 heavy (non-hydrogen) atoms. The van der Waals surface area contributed by atoms with E-state index in [1.54, 1.807) is 25.3 Å². The Morgan fingerprint density at radius 3 is 2.61 bits per heavy atom. The number of nitrogens with zero attached hydrogens (tertiary/aromatic N) is 1. The van der Waals surface area contributed by atoms with Crippen molar-refractivity contribution in [1.29, 1.82) is 0 Å². The molecular formula is C14H12FNO2. The van der Waals surface area contributed by atoms with E-state index in [-0.39, 0.29) is 11.5 Å². The molecule has 3 nitrogen and oxygen atoms in total. The molecule has 0 aliphatic carbocycles. The summed E-state index contributed by atoms with van der Waals surface area (Å²) in [5.41, 5.74) is 1.56. The molecule has 0 bridgehead atoms. The summed E-state index contributed by atoms with van der Waals surface area (Å²) in [4.78, 5) is 15.9. The number of carbonyl (C=O) groups excluding carboxylic acids is 1. The van der Waals surface area contributed by atoms with Crippen molar-refractivity contribution < 1.29 is 13.9 Å². The standard InChI is InChI=1S/C14H12FNO2/c1-9-7-11(18-2)4-5-12(9)14(17)13-6-3-10(15)8-16-13/h3-8H,1-2H3. The maximum absolute atomic E-state index is 12.7. The van der Waals surface area contributed by atoms with Crippen LogP contribution in [0.15, 0.2) is 36.5 Å². The molecule has 0 N–H and O–H groups in total. The molecule has 1 heterocycles. The first-order valence-corrected chi connectivity index (χ1v) is 5.42. The molecule has 4 heteroatoms. The lowest BCUT2D eigenvalue weighted by atomic mass is 10.0. The van der Waals surface area contributed by atoms with Crippen molar-refractivity contribution in [1.82, 2.24) is 4.98 Å². The van der Waals surface area contributed by atoms with Gasteiger partial charge in [-0.15, -0.1) is 0 Å². The molecule has 0 aliphatic rings. The van der Waals surface area contributed by atoms with Crippen LogP contribution in [0.5, 0.6) is 5.75 Å². The van der Waals surface area contributed by atoms with Crippen LogP contribution in [0, 0.1) is 12.7 Å². The van der Waals surface area contributed by atoms with Crippen molar-refractivity contribution >= 4 is 5.78 Å². The van der Waals surface area contributed by atoms with Gasteiger partial charge in [0.1, 0.15) is 17.3 Å². The van der Waals surface area contributed by atoms with Gasteiger partial charge in [-0.3, -0.25) is 4.79 Å². The first-order valence-electron chi connectivity index (χ1n) is 5.42. The summed E-state index contributed by atoms with van der Waals surface area (Å²) in [6, 6.07) is 7.77. The van der Waals surface area contributed by atoms with E-state index < -0.39 is 5.82 Å². The fourth-order valence-electron chi connectivity index (χ4n) is 1.67. The Balaban J connectivity index is 2.37. The molecule has 0 amide bonds. The Kier molecular flexibility index (Phi) is 3.37. The molecule has 0 fully saturated rings. The Labute approximate surface area is 104 Å². The van der Waals surface area contributed by atoms with E-state index in [0.717, 1.165) is 11.8 Å². The molecule has 0 unspecified atom stereocenters. The van der Waals surface area contributed by atoms with E-state index in [4.69, 9.17) is 4.74 Å². The molecule has 2 aromatic rings. The molecular weight excluding hydrogens is 233 g/mol. The van der Waals surface area contributed by atoms with Crippen LogP contribution in [0.1, 0.15) is 21.6 Å². The molecule has 0 radical (unpaired) electrons. The lowest BCUT2D eigenvalue weighted by molar-refractivity contribution is 0.103. The molecule has 0 saturated heterocycles. The Bertz CT molecular complexity index is 579. The molecule has 0 spiro atoms. The van der Waals surface area contributed by atoms with Crippen molar-refractivity contribution in [3.8, 4) is 5.75 Å². The van der Waals surface area contributed by atoms with Crippen molar-refractivity contribution in [2.24, 2.45) is 0 Å². The summed E-state index contributed by atoms with van der Waals surface area (Å²) in [6.07, 6.45) is 1.03. The van der Waals surface area contributed by atoms with Crippen molar-refractivity contribution in [2.75, 3.05) is 7.11 Å². The van der Waals surface area contributed by atoms with E-state index in [1.807, 2.05) is 6.92 Å². The summed E-state index contributed by atoms with van der Waals surface area (Å²) < 4.78 is 17.8. The Morgan fingerprint density at radius 1 is 1.28 bits per heavy atom. The van der Waals surface area contributed by atoms with E-state index in [1.165, 1.54) is 12.1 Å². The number of halogens is 1. The number of carbonyl (C=O) groups is 1. The minimum Gasteiger partial charge on any atom is -0.497 e. The highest BCUT2D eigenvalue weighted by Crippen LogP contribution is 2.19. The maximum Gasteiger partial charge on any atom is 0.211 e. The average Bonchev–Trinajstić information content (AvgIpc) is 2.38. The maximum atomic E-state index is 12.7. The second kappa shape index (κ2) is 4.96. The minimum absolute atomic E-state index is 0.227. The van der Waals surface area contributed by atoms with Crippen LogP contribution in [-0.4, -0.2) is 17.9 Å². The van der Waals surface area contributed by atoms with Crippen LogP contribution < -0.4 is 4.74 Å². The summed E-state index contributed by atoms with van der Waals surface area (Å²) in [5.74, 6) is 0.00395. The number of benzene rings is 1. The number of aromatic nitrogens is 1. The molecule has 0 saturated carbocycles. The van der Waals surface area contributed by atoms with Crippen LogP contribution in [0.25, 0.3) is 0 Å². The number of ketones is 1. The molecule has 1 aromatic heterocycles. The third kappa shape index (κ3) is 2.37. The fraction of sp³-hybridized carbons (Fsp3) is 0.143. The third-order valence-corrected chi connectivity index (χ3v) is 2.64. The van der Waals surface area contributed by atoms with Gasteiger partial charge in [0, 0.05) is 5.56 Å². The van der Waals surface area contributed by atoms with Gasteiger partial charge in [-0.2, -0.15) is 0 Å². The van der Waals surface area contributed by atoms with Crippen molar-refractivity contribution in [2.45, 2.75) is 6.92 Å². The average molecular weight is 245 g/mol. The monoisotopic (exact) mass is 245 g/mol. The van der Waals surface area contributed by atoms with Crippen molar-refractivity contribution in [3.05, 3.63) is 59.2 Å². The van der Waals surface area contributed by atoms with Gasteiger partial charge in [0.2, 0.25) is 5.78 Å². The highest BCUT2D eigenvalue weighted by Gasteiger charge is 2.13. The minimum atomic E-state index is -0.460. The van der Waals surface area contributed by atoms with Crippen LogP contribution in [0.2, 0.25) is 0 Å². The normalized spacial score (nSPS) is 10.2. The predicted molar refractivity (Wildman–Crippen MR) is 65.4 cm³/mol. The first kappa shape index (κ1) is 12.2. The zero-order valence-electron chi connectivity index (χ0n) is 10.1. The lowest BCUT2D eigenvalue weighted by Crippen LogP contribution is -2.06. The molecule has 0 atom stereocenters. The molecule has 0 aliphatic heterocycles. The van der Waals surface area contributed by atoms with E-state index in [2.05, 4.69) is 4.98 Å². The number of hydrogen-bond donors (Lipinski definition) is 0. The number of rotatable bonds is 3. The number of aryl methyl sites for hydroxylation is 1. The summed E-state index contributed by atoms with van der Waals surface area (Å²) in [6.45, 7) is 1.82. The molecule has 2 rings (SSSR count). The van der Waals surface area contributed by atoms with Gasteiger partial charge >= 0.3 is 0 Å². The summed E-state index contributed by atoms with van der Waals surface area (Å²) in [7, 11) is 1.57. The summed E-state index contributed by atoms with van der Waals surface area (Å²) >= 11 is 0. The smallest absolute Gasteiger partial charge is 0.211 e. The predicted octanol–water partition coefficient (Wildman–Crippen LogP) is 2.77. The van der Waals surface area contributed by atoms with E-state index in [9.17, 15) is 9.18 Å². The van der Waals surface area contributed by atoms with Gasteiger partial charge in [0.25, 0.3) is 0 Å². The highest BCUT2D eigenvalue weighted by atomic mass is 19.1. The lowest BCUT2D eigenvalue weighted by Gasteiger charge is -2.06. The fourth-order valence-corrected chi connectivity index (χ4v) is 1.67. The number of hydrogen-bond acceptors (Lipinski definition) is 3. The Morgan fingerprint density at radius 2 is 2.06 bits per heavy atom. The number of methoxy groups -OCH3 is 1. The second-order valence-electron chi connectivity index (χ2n) is 3.87. The summed E-state index contributed by atoms with van der Waals surface area (Å²) in [5, 5.41) is 0. The van der Waals surface area contributed by atoms with Crippen LogP contribution in [-0.2, 0) is 0 Å². The van der Waals surface area contributed by atoms with E-state index in [0.29, 0.717) is 11.3 Å². The van der Waals surface area contributed by atoms with Crippen molar-refractivity contribution in [3.63, 3.8) is 0 Å². The van der Waals surface area contributed by atoms with Crippen LogP contribution in [0.3, 0.4) is 0 Å². The zero-order chi connectivity index (χ0) is 13.1. The van der Waals surface area contributed by atoms with E-state index >= 15 is 0 Å². The van der Waals surface area contributed by atoms with Gasteiger partial charge in [-0.25, -0.2) is 9.37 Å². The second-order valence-corrected chi connectivity index (χ2v) is 3.87. The third-order valence-electron chi connectivity index (χ3n) is 2.64. The highest BCUT2D eigenvalue weighted by molar-refractivity contribution is 6.08. The van der Waals surface area contributed by atoms with Gasteiger partial charge in [-0.05, 0) is 42.8 Å². The van der Waals surface area contributed by atoms with Crippen LogP contribution in [0.4, 0.5) is 4.39 Å². The quantitative estimate of drug-likeness (QED) is 0.780. The largest absolute Gasteiger partial charge is 0.497 e. The SMILES string of the molecule is COc1ccc(C(=O)c2ccc(F)cn2)c(C)c1. The molecule has 1 aromatic carbocycles. The van der Waals surface area contributed by atoms with Gasteiger partial charge in [0.05, 0.1) is 13.3 Å². The Hall–Kier alpha value is -2.23. The van der Waals surface area contributed by atoms with Crippen LogP contribution >= 0.6 is 0 Å². The number of ether oxygens (including phenoxy) is 1. The molecule has 92 valence electrons. The number of pyridine rings is 1. The van der Waals surface area contributed by atoms with Gasteiger partial charge in [0.15, 0.2) is 0 Å². The van der Waals surface area contributed by atoms with Gasteiger partial charge < -0.3 is 4.74 Å². The van der Waals surface area contributed by atoms with Gasteiger partial charge in [-0.1, -0.05) is 0 Å². The topological polar surface area (TPSA) is 39.2 Å². The first-order chi connectivity index (χ1) is 8.61.